The fraction of sp³-hybridized carbons (Fsp3) is 0.333. The van der Waals surface area contributed by atoms with Crippen LogP contribution in [0.25, 0.3) is 0 Å². The van der Waals surface area contributed by atoms with Gasteiger partial charge < -0.3 is 4.43 Å². The number of halogens is 2. The lowest BCUT2D eigenvalue weighted by molar-refractivity contribution is 0.580. The SMILES string of the molecule is C[Si](C)Oc1ccc(CCl)c(Cl)c1. The van der Waals surface area contributed by atoms with E-state index in [9.17, 15) is 0 Å². The van der Waals surface area contributed by atoms with Gasteiger partial charge in [0.1, 0.15) is 5.75 Å². The first-order chi connectivity index (χ1) is 6.13. The first kappa shape index (κ1) is 10.9. The third-order valence-electron chi connectivity index (χ3n) is 1.49. The van der Waals surface area contributed by atoms with Gasteiger partial charge in [0.15, 0.2) is 0 Å². The van der Waals surface area contributed by atoms with E-state index in [1.54, 1.807) is 0 Å². The minimum atomic E-state index is -0.714. The lowest BCUT2D eigenvalue weighted by Crippen LogP contribution is -2.11. The van der Waals surface area contributed by atoms with Crippen LogP contribution >= 0.6 is 23.2 Å². The van der Waals surface area contributed by atoms with Crippen LogP contribution in [0.2, 0.25) is 18.1 Å². The lowest BCUT2D eigenvalue weighted by atomic mass is 10.2. The summed E-state index contributed by atoms with van der Waals surface area (Å²) in [7, 11) is -0.714. The fourth-order valence-corrected chi connectivity index (χ4v) is 2.07. The van der Waals surface area contributed by atoms with Crippen molar-refractivity contribution in [1.29, 1.82) is 0 Å². The van der Waals surface area contributed by atoms with Crippen molar-refractivity contribution in [2.75, 3.05) is 0 Å². The standard InChI is InChI=1S/C9H11Cl2OSi/c1-13(2)12-8-4-3-7(6-10)9(11)5-8/h3-5H,6H2,1-2H3. The summed E-state index contributed by atoms with van der Waals surface area (Å²) in [6.45, 7) is 4.15. The Balaban J connectivity index is 2.83. The van der Waals surface area contributed by atoms with Gasteiger partial charge in [-0.1, -0.05) is 17.7 Å². The van der Waals surface area contributed by atoms with Crippen molar-refractivity contribution < 1.29 is 4.43 Å². The molecule has 0 bridgehead atoms. The van der Waals surface area contributed by atoms with E-state index in [4.69, 9.17) is 27.6 Å². The monoisotopic (exact) mass is 233 g/mol. The minimum Gasteiger partial charge on any atom is -0.543 e. The summed E-state index contributed by atoms with van der Waals surface area (Å²) in [6.07, 6.45) is 0. The zero-order chi connectivity index (χ0) is 9.84. The molecule has 13 heavy (non-hydrogen) atoms. The van der Waals surface area contributed by atoms with Gasteiger partial charge in [-0.05, 0) is 30.8 Å². The molecule has 1 nitrogen and oxygen atoms in total. The van der Waals surface area contributed by atoms with Crippen LogP contribution in [-0.4, -0.2) is 9.04 Å². The fourth-order valence-electron chi connectivity index (χ4n) is 0.936. The molecular formula is C9H11Cl2OSi. The second kappa shape index (κ2) is 4.89. The molecule has 0 saturated heterocycles. The molecular weight excluding hydrogens is 223 g/mol. The topological polar surface area (TPSA) is 9.23 Å². The number of rotatable bonds is 3. The van der Waals surface area contributed by atoms with Crippen LogP contribution in [0.1, 0.15) is 5.56 Å². The quantitative estimate of drug-likeness (QED) is 0.572. The highest BCUT2D eigenvalue weighted by Gasteiger charge is 2.03. The molecule has 0 aliphatic heterocycles. The Morgan fingerprint density at radius 1 is 1.38 bits per heavy atom. The van der Waals surface area contributed by atoms with Gasteiger partial charge in [0.05, 0.1) is 0 Å². The molecule has 0 aromatic heterocycles. The lowest BCUT2D eigenvalue weighted by Gasteiger charge is -2.09. The largest absolute Gasteiger partial charge is 0.543 e. The molecule has 1 aromatic rings. The van der Waals surface area contributed by atoms with Crippen molar-refractivity contribution in [3.63, 3.8) is 0 Å². The molecule has 0 atom stereocenters. The second-order valence-corrected chi connectivity index (χ2v) is 5.59. The smallest absolute Gasteiger partial charge is 0.274 e. The van der Waals surface area contributed by atoms with Gasteiger partial charge in [-0.3, -0.25) is 0 Å². The molecule has 1 radical (unpaired) electrons. The Kier molecular flexibility index (Phi) is 4.10. The molecule has 0 saturated carbocycles. The maximum absolute atomic E-state index is 5.96. The third-order valence-corrected chi connectivity index (χ3v) is 2.77. The number of benzene rings is 1. The zero-order valence-electron chi connectivity index (χ0n) is 7.60. The van der Waals surface area contributed by atoms with E-state index in [0.29, 0.717) is 10.9 Å². The third kappa shape index (κ3) is 3.22. The van der Waals surface area contributed by atoms with E-state index in [1.807, 2.05) is 18.2 Å². The first-order valence-electron chi connectivity index (χ1n) is 3.96. The second-order valence-electron chi connectivity index (χ2n) is 2.90. The molecule has 0 aliphatic rings. The summed E-state index contributed by atoms with van der Waals surface area (Å²) in [5, 5.41) is 0.677. The minimum absolute atomic E-state index is 0.440. The van der Waals surface area contributed by atoms with Gasteiger partial charge in [0.2, 0.25) is 0 Å². The Hall–Kier alpha value is -0.183. The normalized spacial score (nSPS) is 10.5. The van der Waals surface area contributed by atoms with Crippen molar-refractivity contribution in [3.05, 3.63) is 28.8 Å². The van der Waals surface area contributed by atoms with Crippen LogP contribution in [0.15, 0.2) is 18.2 Å². The zero-order valence-corrected chi connectivity index (χ0v) is 10.1. The highest BCUT2D eigenvalue weighted by Crippen LogP contribution is 2.24. The molecule has 4 heteroatoms. The molecule has 1 rings (SSSR count). The molecule has 0 heterocycles. The summed E-state index contributed by atoms with van der Waals surface area (Å²) < 4.78 is 5.57. The van der Waals surface area contributed by atoms with Crippen LogP contribution in [0.5, 0.6) is 5.75 Å². The highest BCUT2D eigenvalue weighted by molar-refractivity contribution is 6.49. The van der Waals surface area contributed by atoms with E-state index in [2.05, 4.69) is 13.1 Å². The Morgan fingerprint density at radius 2 is 2.08 bits per heavy atom. The molecule has 0 unspecified atom stereocenters. The van der Waals surface area contributed by atoms with Crippen LogP contribution in [0.3, 0.4) is 0 Å². The van der Waals surface area contributed by atoms with Crippen molar-refractivity contribution >= 4 is 32.2 Å². The van der Waals surface area contributed by atoms with Crippen molar-refractivity contribution in [3.8, 4) is 5.75 Å². The number of alkyl halides is 1. The Bertz CT molecular complexity index is 289. The molecule has 0 fully saturated rings. The Morgan fingerprint density at radius 3 is 2.54 bits per heavy atom. The molecule has 1 aromatic carbocycles. The number of hydrogen-bond acceptors (Lipinski definition) is 1. The molecule has 0 amide bonds. The predicted octanol–water partition coefficient (Wildman–Crippen LogP) is 3.71. The van der Waals surface area contributed by atoms with Gasteiger partial charge in [0, 0.05) is 10.9 Å². The summed E-state index contributed by atoms with van der Waals surface area (Å²) in [5.74, 6) is 1.27. The average Bonchev–Trinajstić information content (AvgIpc) is 2.03. The van der Waals surface area contributed by atoms with E-state index in [1.165, 1.54) is 0 Å². The predicted molar refractivity (Wildman–Crippen MR) is 59.1 cm³/mol. The maximum atomic E-state index is 5.96. The summed E-state index contributed by atoms with van der Waals surface area (Å²) >= 11 is 11.6. The summed E-state index contributed by atoms with van der Waals surface area (Å²) in [6, 6.07) is 5.62. The van der Waals surface area contributed by atoms with Crippen LogP contribution in [-0.2, 0) is 5.88 Å². The van der Waals surface area contributed by atoms with E-state index in [0.717, 1.165) is 11.3 Å². The van der Waals surface area contributed by atoms with E-state index >= 15 is 0 Å². The van der Waals surface area contributed by atoms with Crippen molar-refractivity contribution in [1.82, 2.24) is 0 Å². The van der Waals surface area contributed by atoms with Gasteiger partial charge in [-0.2, -0.15) is 0 Å². The van der Waals surface area contributed by atoms with E-state index in [-0.39, 0.29) is 0 Å². The van der Waals surface area contributed by atoms with Gasteiger partial charge >= 0.3 is 0 Å². The van der Waals surface area contributed by atoms with Gasteiger partial charge in [0.25, 0.3) is 9.04 Å². The van der Waals surface area contributed by atoms with Gasteiger partial charge in [-0.25, -0.2) is 0 Å². The molecule has 0 spiro atoms. The molecule has 0 N–H and O–H groups in total. The molecule has 71 valence electrons. The maximum Gasteiger partial charge on any atom is 0.274 e. The summed E-state index contributed by atoms with van der Waals surface area (Å²) in [5.41, 5.74) is 0.941. The van der Waals surface area contributed by atoms with Crippen molar-refractivity contribution in [2.45, 2.75) is 19.0 Å². The number of hydrogen-bond donors (Lipinski definition) is 0. The highest BCUT2D eigenvalue weighted by atomic mass is 35.5. The van der Waals surface area contributed by atoms with Gasteiger partial charge in [-0.15, -0.1) is 11.6 Å². The van der Waals surface area contributed by atoms with Crippen LogP contribution < -0.4 is 4.43 Å². The molecule has 0 aliphatic carbocycles. The average molecular weight is 234 g/mol. The van der Waals surface area contributed by atoms with Crippen molar-refractivity contribution in [2.24, 2.45) is 0 Å². The van der Waals surface area contributed by atoms with E-state index < -0.39 is 9.04 Å². The van der Waals surface area contributed by atoms with Crippen LogP contribution in [0, 0.1) is 0 Å². The Labute approximate surface area is 90.3 Å². The summed E-state index contributed by atoms with van der Waals surface area (Å²) in [4.78, 5) is 0. The first-order valence-corrected chi connectivity index (χ1v) is 7.28. The van der Waals surface area contributed by atoms with Crippen LogP contribution in [0.4, 0.5) is 0 Å².